The van der Waals surface area contributed by atoms with Crippen LogP contribution in [-0.2, 0) is 13.1 Å². The Kier molecular flexibility index (Phi) is 5.95. The standard InChI is InChI=1S/C28H33N5O2/c1-27(2)14-23-15-28(3,18-27)19-32(23)26-24(33(34)35)25(29-20-30-26)31(16-21-10-6-4-7-11-21)17-22-12-8-5-9-13-22/h4-13,20,23H,14-19H2,1-3H3. The van der Waals surface area contributed by atoms with E-state index in [9.17, 15) is 10.1 Å². The minimum atomic E-state index is -0.288. The van der Waals surface area contributed by atoms with Crippen molar-refractivity contribution in [1.29, 1.82) is 0 Å². The van der Waals surface area contributed by atoms with Crippen molar-refractivity contribution in [3.8, 4) is 0 Å². The normalized spacial score (nSPS) is 22.7. The van der Waals surface area contributed by atoms with E-state index in [2.05, 4.69) is 35.6 Å². The van der Waals surface area contributed by atoms with Gasteiger partial charge < -0.3 is 9.80 Å². The second kappa shape index (κ2) is 8.95. The summed E-state index contributed by atoms with van der Waals surface area (Å²) in [4.78, 5) is 25.5. The molecule has 2 unspecified atom stereocenters. The van der Waals surface area contributed by atoms with E-state index in [1.807, 2.05) is 65.6 Å². The minimum Gasteiger partial charge on any atom is -0.347 e. The van der Waals surface area contributed by atoms with Crippen LogP contribution < -0.4 is 9.80 Å². The molecule has 7 nitrogen and oxygen atoms in total. The van der Waals surface area contributed by atoms with Crippen molar-refractivity contribution >= 4 is 17.3 Å². The van der Waals surface area contributed by atoms with Crippen molar-refractivity contribution in [3.05, 3.63) is 88.2 Å². The van der Waals surface area contributed by atoms with E-state index in [-0.39, 0.29) is 27.5 Å². The van der Waals surface area contributed by atoms with Crippen molar-refractivity contribution in [2.45, 2.75) is 59.2 Å². The molecule has 2 aromatic carbocycles. The molecule has 1 saturated heterocycles. The zero-order chi connectivity index (χ0) is 24.6. The number of anilines is 2. The fourth-order valence-electron chi connectivity index (χ4n) is 6.49. The summed E-state index contributed by atoms with van der Waals surface area (Å²) in [7, 11) is 0. The minimum absolute atomic E-state index is 0.00770. The predicted molar refractivity (Wildman–Crippen MR) is 138 cm³/mol. The first-order valence-corrected chi connectivity index (χ1v) is 12.3. The molecule has 1 saturated carbocycles. The zero-order valence-corrected chi connectivity index (χ0v) is 20.7. The van der Waals surface area contributed by atoms with Crippen molar-refractivity contribution in [1.82, 2.24) is 9.97 Å². The zero-order valence-electron chi connectivity index (χ0n) is 20.7. The lowest BCUT2D eigenvalue weighted by Gasteiger charge is -2.39. The van der Waals surface area contributed by atoms with Gasteiger partial charge in [0.2, 0.25) is 11.6 Å². The molecular formula is C28H33N5O2. The first-order chi connectivity index (χ1) is 16.7. The lowest BCUT2D eigenvalue weighted by atomic mass is 9.65. The maximum absolute atomic E-state index is 12.6. The summed E-state index contributed by atoms with van der Waals surface area (Å²) in [5, 5.41) is 12.6. The molecule has 0 amide bonds. The fourth-order valence-corrected chi connectivity index (χ4v) is 6.49. The molecule has 2 aliphatic rings. The SMILES string of the molecule is CC1(C)CC2CC(C)(CN2c2ncnc(N(Cc3ccccc3)Cc3ccccc3)c2[N+](=O)[O-])C1. The van der Waals surface area contributed by atoms with Gasteiger partial charge in [-0.1, -0.05) is 81.4 Å². The molecule has 5 rings (SSSR count). The van der Waals surface area contributed by atoms with E-state index in [0.717, 1.165) is 36.9 Å². The van der Waals surface area contributed by atoms with Crippen molar-refractivity contribution < 1.29 is 4.92 Å². The molecule has 2 atom stereocenters. The Balaban J connectivity index is 1.57. The summed E-state index contributed by atoms with van der Waals surface area (Å²) in [6, 6.07) is 20.3. The highest BCUT2D eigenvalue weighted by molar-refractivity contribution is 5.72. The van der Waals surface area contributed by atoms with E-state index < -0.39 is 0 Å². The summed E-state index contributed by atoms with van der Waals surface area (Å²) >= 11 is 0. The van der Waals surface area contributed by atoms with Crippen LogP contribution in [0.15, 0.2) is 67.0 Å². The smallest absolute Gasteiger partial charge is 0.347 e. The van der Waals surface area contributed by atoms with Gasteiger partial charge in [-0.05, 0) is 41.2 Å². The number of rotatable bonds is 7. The summed E-state index contributed by atoms with van der Waals surface area (Å²) in [5.74, 6) is 0.830. The number of aromatic nitrogens is 2. The predicted octanol–water partition coefficient (Wildman–Crippen LogP) is 6.00. The van der Waals surface area contributed by atoms with Crippen LogP contribution in [0.1, 0.15) is 51.2 Å². The quantitative estimate of drug-likeness (QED) is 0.311. The summed E-state index contributed by atoms with van der Waals surface area (Å²) < 4.78 is 0. The molecule has 3 aromatic rings. The molecule has 0 N–H and O–H groups in total. The Bertz CT molecular complexity index is 1160. The van der Waals surface area contributed by atoms with Crippen LogP contribution in [0.3, 0.4) is 0 Å². The van der Waals surface area contributed by atoms with Gasteiger partial charge in [0.05, 0.1) is 4.92 Å². The van der Waals surface area contributed by atoms with Crippen LogP contribution in [0, 0.1) is 20.9 Å². The van der Waals surface area contributed by atoms with Crippen molar-refractivity contribution in [3.63, 3.8) is 0 Å². The highest BCUT2D eigenvalue weighted by Crippen LogP contribution is 2.54. The van der Waals surface area contributed by atoms with Gasteiger partial charge in [0.15, 0.2) is 0 Å². The van der Waals surface area contributed by atoms with Crippen LogP contribution in [0.2, 0.25) is 0 Å². The molecule has 1 aliphatic carbocycles. The average molecular weight is 472 g/mol. The highest BCUT2D eigenvalue weighted by atomic mass is 16.6. The largest absolute Gasteiger partial charge is 0.353 e. The van der Waals surface area contributed by atoms with Gasteiger partial charge in [-0.2, -0.15) is 0 Å². The lowest BCUT2D eigenvalue weighted by molar-refractivity contribution is -0.383. The van der Waals surface area contributed by atoms with Crippen LogP contribution in [0.5, 0.6) is 0 Å². The monoisotopic (exact) mass is 471 g/mol. The maximum Gasteiger partial charge on any atom is 0.353 e. The number of nitro groups is 1. The second-order valence-corrected chi connectivity index (χ2v) is 11.3. The van der Waals surface area contributed by atoms with E-state index in [1.54, 1.807) is 0 Å². The van der Waals surface area contributed by atoms with E-state index >= 15 is 0 Å². The molecular weight excluding hydrogens is 438 g/mol. The van der Waals surface area contributed by atoms with Gasteiger partial charge >= 0.3 is 5.69 Å². The molecule has 1 aliphatic heterocycles. The summed E-state index contributed by atoms with van der Waals surface area (Å²) in [6.45, 7) is 8.74. The van der Waals surface area contributed by atoms with Gasteiger partial charge in [-0.25, -0.2) is 9.97 Å². The Morgan fingerprint density at radius 2 is 1.57 bits per heavy atom. The Morgan fingerprint density at radius 3 is 2.14 bits per heavy atom. The molecule has 0 spiro atoms. The Hall–Kier alpha value is -3.48. The topological polar surface area (TPSA) is 75.4 Å². The van der Waals surface area contributed by atoms with Gasteiger partial charge in [0.25, 0.3) is 0 Å². The third-order valence-electron chi connectivity index (χ3n) is 7.39. The summed E-state index contributed by atoms with van der Waals surface area (Å²) in [5.41, 5.74) is 2.50. The van der Waals surface area contributed by atoms with Crippen LogP contribution in [-0.4, -0.2) is 27.5 Å². The van der Waals surface area contributed by atoms with E-state index in [4.69, 9.17) is 0 Å². The third-order valence-corrected chi connectivity index (χ3v) is 7.39. The average Bonchev–Trinajstić information content (AvgIpc) is 3.07. The van der Waals surface area contributed by atoms with Crippen molar-refractivity contribution in [2.75, 3.05) is 16.3 Å². The van der Waals surface area contributed by atoms with Crippen LogP contribution >= 0.6 is 0 Å². The molecule has 35 heavy (non-hydrogen) atoms. The highest BCUT2D eigenvalue weighted by Gasteiger charge is 2.51. The van der Waals surface area contributed by atoms with Gasteiger partial charge in [0.1, 0.15) is 6.33 Å². The second-order valence-electron chi connectivity index (χ2n) is 11.3. The molecule has 182 valence electrons. The number of hydrogen-bond acceptors (Lipinski definition) is 6. The van der Waals surface area contributed by atoms with Crippen LogP contribution in [0.4, 0.5) is 17.3 Å². The molecule has 2 bridgehead atoms. The number of nitrogens with zero attached hydrogens (tertiary/aromatic N) is 5. The van der Waals surface area contributed by atoms with Gasteiger partial charge in [-0.3, -0.25) is 10.1 Å². The van der Waals surface area contributed by atoms with E-state index in [0.29, 0.717) is 24.7 Å². The fraction of sp³-hybridized carbons (Fsp3) is 0.429. The number of fused-ring (bicyclic) bond motifs is 2. The first kappa shape index (κ1) is 23.3. The molecule has 0 radical (unpaired) electrons. The molecule has 2 fully saturated rings. The number of benzene rings is 2. The van der Waals surface area contributed by atoms with Crippen molar-refractivity contribution in [2.24, 2.45) is 10.8 Å². The Morgan fingerprint density at radius 1 is 0.971 bits per heavy atom. The van der Waals surface area contributed by atoms with Crippen LogP contribution in [0.25, 0.3) is 0 Å². The van der Waals surface area contributed by atoms with Gasteiger partial charge in [-0.15, -0.1) is 0 Å². The first-order valence-electron chi connectivity index (χ1n) is 12.3. The molecule has 2 heterocycles. The lowest BCUT2D eigenvalue weighted by Crippen LogP contribution is -2.35. The molecule has 1 aromatic heterocycles. The summed E-state index contributed by atoms with van der Waals surface area (Å²) in [6.07, 6.45) is 4.67. The Labute approximate surface area is 207 Å². The number of hydrogen-bond donors (Lipinski definition) is 0. The third kappa shape index (κ3) is 4.85. The molecule has 7 heteroatoms. The van der Waals surface area contributed by atoms with E-state index in [1.165, 1.54) is 6.33 Å². The van der Waals surface area contributed by atoms with Gasteiger partial charge in [0, 0.05) is 25.7 Å². The maximum atomic E-state index is 12.6.